The molecule has 0 aromatic heterocycles. The lowest BCUT2D eigenvalue weighted by atomic mass is 10.0. The number of esters is 2. The third kappa shape index (κ3) is 41.7. The lowest BCUT2D eigenvalue weighted by molar-refractivity contribution is -0.161. The van der Waals surface area contributed by atoms with Crippen LogP contribution in [0.25, 0.3) is 0 Å². The summed E-state index contributed by atoms with van der Waals surface area (Å²) in [6.07, 6.45) is 41.1. The van der Waals surface area contributed by atoms with Gasteiger partial charge in [-0.25, -0.2) is 4.57 Å². The molecule has 0 spiro atoms. The Bertz CT molecular complexity index is 802. The second-order valence-electron chi connectivity index (χ2n) is 15.0. The van der Waals surface area contributed by atoms with Crippen molar-refractivity contribution in [3.8, 4) is 0 Å². The molecule has 0 radical (unpaired) electrons. The highest BCUT2D eigenvalue weighted by Gasteiger charge is 2.23. The van der Waals surface area contributed by atoms with Crippen LogP contribution in [0.1, 0.15) is 239 Å². The smallest absolute Gasteiger partial charge is 0.462 e. The lowest BCUT2D eigenvalue weighted by Gasteiger charge is -2.18. The second-order valence-corrected chi connectivity index (χ2v) is 16.3. The van der Waals surface area contributed by atoms with E-state index in [1.54, 1.807) is 0 Å². The summed E-state index contributed by atoms with van der Waals surface area (Å²) in [6.45, 7) is 3.72. The SMILES string of the molecule is CCCCCCCCCCCCCCCCCCCCCCC(=O)OC(COC(=O)CCCCCCCCCCCCCCC)COP(=O)(O)O. The molecule has 9 heteroatoms. The van der Waals surface area contributed by atoms with Crippen molar-refractivity contribution in [2.45, 2.75) is 245 Å². The van der Waals surface area contributed by atoms with Gasteiger partial charge in [0, 0.05) is 12.8 Å². The number of carbonyl (C=O) groups is 2. The highest BCUT2D eigenvalue weighted by atomic mass is 31.2. The Kier molecular flexibility index (Phi) is 38.0. The fourth-order valence-electron chi connectivity index (χ4n) is 6.61. The molecule has 0 bridgehead atoms. The zero-order chi connectivity index (χ0) is 37.5. The molecule has 0 fully saturated rings. The Morgan fingerprint density at radius 1 is 0.431 bits per heavy atom. The van der Waals surface area contributed by atoms with Gasteiger partial charge in [0.05, 0.1) is 6.61 Å². The van der Waals surface area contributed by atoms with E-state index >= 15 is 0 Å². The maximum absolute atomic E-state index is 12.4. The monoisotopic (exact) mass is 747 g/mol. The topological polar surface area (TPSA) is 119 Å². The van der Waals surface area contributed by atoms with Crippen LogP contribution in [0.4, 0.5) is 0 Å². The molecule has 0 aromatic carbocycles. The van der Waals surface area contributed by atoms with Gasteiger partial charge in [-0.3, -0.25) is 14.1 Å². The summed E-state index contributed by atoms with van der Waals surface area (Å²) in [6, 6.07) is 0. The summed E-state index contributed by atoms with van der Waals surface area (Å²) in [5.74, 6) is -0.867. The third-order valence-electron chi connectivity index (χ3n) is 9.88. The number of phosphoric acid groups is 1. The quantitative estimate of drug-likeness (QED) is 0.0360. The molecule has 0 amide bonds. The van der Waals surface area contributed by atoms with E-state index in [2.05, 4.69) is 18.4 Å². The predicted octanol–water partition coefficient (Wildman–Crippen LogP) is 13.2. The third-order valence-corrected chi connectivity index (χ3v) is 10.4. The average molecular weight is 747 g/mol. The van der Waals surface area contributed by atoms with Gasteiger partial charge in [0.15, 0.2) is 6.10 Å². The van der Waals surface area contributed by atoms with Crippen molar-refractivity contribution in [1.82, 2.24) is 0 Å². The van der Waals surface area contributed by atoms with E-state index < -0.39 is 32.5 Å². The highest BCUT2D eigenvalue weighted by Crippen LogP contribution is 2.36. The number of hydrogen-bond donors (Lipinski definition) is 2. The van der Waals surface area contributed by atoms with E-state index in [1.165, 1.54) is 173 Å². The van der Waals surface area contributed by atoms with Crippen LogP contribution < -0.4 is 0 Å². The molecule has 2 N–H and O–H groups in total. The molecule has 0 heterocycles. The van der Waals surface area contributed by atoms with Gasteiger partial charge in [-0.1, -0.05) is 213 Å². The highest BCUT2D eigenvalue weighted by molar-refractivity contribution is 7.46. The number of ether oxygens (including phenoxy) is 2. The van der Waals surface area contributed by atoms with Crippen LogP contribution in [0.15, 0.2) is 0 Å². The van der Waals surface area contributed by atoms with Gasteiger partial charge in [-0.15, -0.1) is 0 Å². The molecule has 51 heavy (non-hydrogen) atoms. The Balaban J connectivity index is 3.82. The molecule has 1 unspecified atom stereocenters. The maximum Gasteiger partial charge on any atom is 0.469 e. The van der Waals surface area contributed by atoms with Crippen LogP contribution in [-0.2, 0) is 28.2 Å². The summed E-state index contributed by atoms with van der Waals surface area (Å²) >= 11 is 0. The normalized spacial score (nSPS) is 12.3. The molecule has 0 aliphatic rings. The van der Waals surface area contributed by atoms with E-state index in [0.29, 0.717) is 6.42 Å². The van der Waals surface area contributed by atoms with Gasteiger partial charge in [0.25, 0.3) is 0 Å². The minimum absolute atomic E-state index is 0.221. The zero-order valence-corrected chi connectivity index (χ0v) is 34.4. The molecule has 8 nitrogen and oxygen atoms in total. The van der Waals surface area contributed by atoms with Crippen LogP contribution in [-0.4, -0.2) is 41.0 Å². The number of phosphoric ester groups is 1. The van der Waals surface area contributed by atoms with E-state index in [4.69, 9.17) is 19.3 Å². The lowest BCUT2D eigenvalue weighted by Crippen LogP contribution is -2.29. The molecular formula is C42H83O8P. The van der Waals surface area contributed by atoms with Crippen molar-refractivity contribution in [2.24, 2.45) is 0 Å². The van der Waals surface area contributed by atoms with Crippen molar-refractivity contribution in [2.75, 3.05) is 13.2 Å². The number of carbonyl (C=O) groups excluding carboxylic acids is 2. The van der Waals surface area contributed by atoms with Gasteiger partial charge < -0.3 is 19.3 Å². The fourth-order valence-corrected chi connectivity index (χ4v) is 6.97. The first-order chi connectivity index (χ1) is 24.8. The van der Waals surface area contributed by atoms with Crippen molar-refractivity contribution in [3.05, 3.63) is 0 Å². The maximum atomic E-state index is 12.4. The largest absolute Gasteiger partial charge is 0.469 e. The number of unbranched alkanes of at least 4 members (excludes halogenated alkanes) is 31. The summed E-state index contributed by atoms with van der Waals surface area (Å²) in [5, 5.41) is 0. The Labute approximate surface area is 315 Å². The fraction of sp³-hybridized carbons (Fsp3) is 0.952. The minimum atomic E-state index is -4.74. The first kappa shape index (κ1) is 50.1. The molecule has 0 aliphatic carbocycles. The minimum Gasteiger partial charge on any atom is -0.462 e. The van der Waals surface area contributed by atoms with Gasteiger partial charge in [-0.2, -0.15) is 0 Å². The number of hydrogen-bond acceptors (Lipinski definition) is 6. The summed E-state index contributed by atoms with van der Waals surface area (Å²) < 4.78 is 26.4. The molecule has 0 saturated heterocycles. The molecule has 1 atom stereocenters. The van der Waals surface area contributed by atoms with Crippen LogP contribution in [0.2, 0.25) is 0 Å². The Morgan fingerprint density at radius 2 is 0.706 bits per heavy atom. The summed E-state index contributed by atoms with van der Waals surface area (Å²) in [7, 11) is -4.74. The summed E-state index contributed by atoms with van der Waals surface area (Å²) in [4.78, 5) is 42.8. The Hall–Kier alpha value is -0.950. The van der Waals surface area contributed by atoms with E-state index in [0.717, 1.165) is 32.1 Å². The van der Waals surface area contributed by atoms with Crippen LogP contribution in [0, 0.1) is 0 Å². The zero-order valence-electron chi connectivity index (χ0n) is 33.5. The van der Waals surface area contributed by atoms with Crippen molar-refractivity contribution < 1.29 is 37.9 Å². The van der Waals surface area contributed by atoms with Crippen LogP contribution >= 0.6 is 7.82 Å². The standard InChI is InChI=1S/C42H83O8P/c1-3-5-7-9-11-13-15-17-18-19-20-21-22-23-25-27-29-31-33-35-37-42(44)50-40(39-49-51(45,46)47)38-48-41(43)36-34-32-30-28-26-24-16-14-12-10-8-6-4-2/h40H,3-39H2,1-2H3,(H2,45,46,47). The van der Waals surface area contributed by atoms with Crippen molar-refractivity contribution in [1.29, 1.82) is 0 Å². The predicted molar refractivity (Wildman–Crippen MR) is 212 cm³/mol. The van der Waals surface area contributed by atoms with Crippen molar-refractivity contribution in [3.63, 3.8) is 0 Å². The van der Waals surface area contributed by atoms with Gasteiger partial charge in [-0.05, 0) is 12.8 Å². The molecular weight excluding hydrogens is 663 g/mol. The van der Waals surface area contributed by atoms with E-state index in [-0.39, 0.29) is 19.4 Å². The molecule has 0 aromatic rings. The summed E-state index contributed by atoms with van der Waals surface area (Å²) in [5.41, 5.74) is 0. The van der Waals surface area contributed by atoms with Gasteiger partial charge >= 0.3 is 19.8 Å². The van der Waals surface area contributed by atoms with E-state index in [1.807, 2.05) is 0 Å². The second kappa shape index (κ2) is 38.8. The van der Waals surface area contributed by atoms with Crippen LogP contribution in [0.5, 0.6) is 0 Å². The number of rotatable bonds is 41. The van der Waals surface area contributed by atoms with Crippen molar-refractivity contribution >= 4 is 19.8 Å². The van der Waals surface area contributed by atoms with Gasteiger partial charge in [0.1, 0.15) is 6.61 Å². The van der Waals surface area contributed by atoms with Crippen LogP contribution in [0.3, 0.4) is 0 Å². The first-order valence-corrected chi connectivity index (χ1v) is 23.4. The molecule has 0 saturated carbocycles. The molecule has 0 rings (SSSR count). The average Bonchev–Trinajstić information content (AvgIpc) is 3.10. The van der Waals surface area contributed by atoms with E-state index in [9.17, 15) is 14.2 Å². The molecule has 304 valence electrons. The first-order valence-electron chi connectivity index (χ1n) is 21.8. The van der Waals surface area contributed by atoms with Gasteiger partial charge in [0.2, 0.25) is 0 Å². The Morgan fingerprint density at radius 3 is 1.00 bits per heavy atom. The molecule has 0 aliphatic heterocycles.